The molecule has 1 rings (SSSR count). The SMILES string of the molecule is CCc1c(C)nc(C)c(CC)[n+]1[O-]. The zero-order chi connectivity index (χ0) is 10.0. The maximum atomic E-state index is 11.7. The predicted octanol–water partition coefficient (Wildman–Crippen LogP) is 1.46. The van der Waals surface area contributed by atoms with Crippen molar-refractivity contribution in [3.8, 4) is 0 Å². The lowest BCUT2D eigenvalue weighted by atomic mass is 10.2. The molecular formula is C10H16N2O. The Morgan fingerprint density at radius 3 is 1.77 bits per heavy atom. The van der Waals surface area contributed by atoms with Crippen molar-refractivity contribution < 1.29 is 4.73 Å². The average molecular weight is 180 g/mol. The summed E-state index contributed by atoms with van der Waals surface area (Å²) in [4.78, 5) is 4.36. The van der Waals surface area contributed by atoms with E-state index in [-0.39, 0.29) is 0 Å². The van der Waals surface area contributed by atoms with Crippen molar-refractivity contribution in [2.75, 3.05) is 0 Å². The summed E-state index contributed by atoms with van der Waals surface area (Å²) in [6.45, 7) is 7.74. The van der Waals surface area contributed by atoms with Crippen LogP contribution in [0.2, 0.25) is 0 Å². The van der Waals surface area contributed by atoms with E-state index in [0.717, 1.165) is 40.3 Å². The quantitative estimate of drug-likeness (QED) is 0.510. The molecule has 0 fully saturated rings. The van der Waals surface area contributed by atoms with Gasteiger partial charge in [0.2, 0.25) is 11.4 Å². The summed E-state index contributed by atoms with van der Waals surface area (Å²) in [7, 11) is 0. The molecular weight excluding hydrogens is 164 g/mol. The van der Waals surface area contributed by atoms with E-state index in [0.29, 0.717) is 0 Å². The molecule has 1 aromatic rings. The van der Waals surface area contributed by atoms with Gasteiger partial charge in [0.25, 0.3) is 0 Å². The zero-order valence-electron chi connectivity index (χ0n) is 8.72. The van der Waals surface area contributed by atoms with Gasteiger partial charge in [-0.15, -0.1) is 0 Å². The van der Waals surface area contributed by atoms with E-state index >= 15 is 0 Å². The molecule has 0 unspecified atom stereocenters. The first-order chi connectivity index (χ1) is 6.11. The lowest BCUT2D eigenvalue weighted by Crippen LogP contribution is -2.39. The van der Waals surface area contributed by atoms with Gasteiger partial charge in [0.1, 0.15) is 11.4 Å². The molecule has 0 aromatic carbocycles. The fourth-order valence-corrected chi connectivity index (χ4v) is 1.64. The topological polar surface area (TPSA) is 39.8 Å². The van der Waals surface area contributed by atoms with Crippen molar-refractivity contribution in [1.82, 2.24) is 4.98 Å². The van der Waals surface area contributed by atoms with Crippen LogP contribution in [0.4, 0.5) is 0 Å². The fourth-order valence-electron chi connectivity index (χ4n) is 1.64. The van der Waals surface area contributed by atoms with Crippen molar-refractivity contribution in [3.05, 3.63) is 28.0 Å². The highest BCUT2D eigenvalue weighted by Gasteiger charge is 2.16. The van der Waals surface area contributed by atoms with Crippen LogP contribution in [0.15, 0.2) is 0 Å². The summed E-state index contributed by atoms with van der Waals surface area (Å²) in [6, 6.07) is 0. The second-order valence-corrected chi connectivity index (χ2v) is 3.18. The lowest BCUT2D eigenvalue weighted by Gasteiger charge is -2.10. The van der Waals surface area contributed by atoms with Crippen LogP contribution in [0.5, 0.6) is 0 Å². The van der Waals surface area contributed by atoms with Gasteiger partial charge in [0.05, 0.1) is 0 Å². The Balaban J connectivity index is 3.39. The van der Waals surface area contributed by atoms with Gasteiger partial charge in [0.15, 0.2) is 0 Å². The molecule has 0 aliphatic heterocycles. The van der Waals surface area contributed by atoms with E-state index in [9.17, 15) is 5.21 Å². The molecule has 72 valence electrons. The number of aryl methyl sites for hydroxylation is 2. The monoisotopic (exact) mass is 180 g/mol. The Morgan fingerprint density at radius 1 is 1.08 bits per heavy atom. The Labute approximate surface area is 79.0 Å². The molecule has 1 heterocycles. The first-order valence-electron chi connectivity index (χ1n) is 4.70. The van der Waals surface area contributed by atoms with Crippen LogP contribution < -0.4 is 4.73 Å². The molecule has 0 saturated carbocycles. The summed E-state index contributed by atoms with van der Waals surface area (Å²) < 4.78 is 1.04. The molecule has 3 nitrogen and oxygen atoms in total. The van der Waals surface area contributed by atoms with Gasteiger partial charge in [0, 0.05) is 12.8 Å². The van der Waals surface area contributed by atoms with Crippen molar-refractivity contribution in [3.63, 3.8) is 0 Å². The first kappa shape index (κ1) is 9.96. The molecule has 0 aliphatic rings. The Kier molecular flexibility index (Phi) is 2.86. The number of hydrogen-bond donors (Lipinski definition) is 0. The maximum Gasteiger partial charge on any atom is 0.213 e. The summed E-state index contributed by atoms with van der Waals surface area (Å²) in [5.74, 6) is 0. The molecule has 0 N–H and O–H groups in total. The second-order valence-electron chi connectivity index (χ2n) is 3.18. The van der Waals surface area contributed by atoms with Gasteiger partial charge >= 0.3 is 0 Å². The minimum atomic E-state index is 0.746. The minimum Gasteiger partial charge on any atom is -0.618 e. The molecule has 0 aliphatic carbocycles. The molecule has 13 heavy (non-hydrogen) atoms. The third-order valence-corrected chi connectivity index (χ3v) is 2.33. The van der Waals surface area contributed by atoms with Crippen LogP contribution >= 0.6 is 0 Å². The smallest absolute Gasteiger partial charge is 0.213 e. The first-order valence-corrected chi connectivity index (χ1v) is 4.70. The van der Waals surface area contributed by atoms with Gasteiger partial charge in [-0.2, -0.15) is 4.73 Å². The van der Waals surface area contributed by atoms with Crippen LogP contribution in [0.1, 0.15) is 36.6 Å². The molecule has 1 aromatic heterocycles. The molecule has 0 spiro atoms. The Morgan fingerprint density at radius 2 is 1.46 bits per heavy atom. The van der Waals surface area contributed by atoms with Gasteiger partial charge in [-0.25, -0.2) is 4.98 Å². The number of aromatic nitrogens is 2. The summed E-state index contributed by atoms with van der Waals surface area (Å²) in [6.07, 6.45) is 1.49. The zero-order valence-corrected chi connectivity index (χ0v) is 8.72. The number of nitrogens with zero attached hydrogens (tertiary/aromatic N) is 2. The van der Waals surface area contributed by atoms with E-state index in [1.165, 1.54) is 0 Å². The molecule has 0 saturated heterocycles. The Hall–Kier alpha value is -1.12. The third kappa shape index (κ3) is 1.64. The standard InChI is InChI=1S/C10H16N2O/c1-5-9-7(3)11-8(4)10(6-2)12(9)13/h5-6H2,1-4H3. The highest BCUT2D eigenvalue weighted by atomic mass is 16.5. The molecule has 0 atom stereocenters. The van der Waals surface area contributed by atoms with Gasteiger partial charge < -0.3 is 5.21 Å². The van der Waals surface area contributed by atoms with Crippen molar-refractivity contribution in [1.29, 1.82) is 0 Å². The van der Waals surface area contributed by atoms with E-state index in [1.807, 2.05) is 27.7 Å². The van der Waals surface area contributed by atoms with Gasteiger partial charge in [-0.05, 0) is 13.8 Å². The molecule has 0 bridgehead atoms. The average Bonchev–Trinajstić information content (AvgIpc) is 2.04. The van der Waals surface area contributed by atoms with Crippen LogP contribution in [0.25, 0.3) is 0 Å². The van der Waals surface area contributed by atoms with Crippen LogP contribution in [0.3, 0.4) is 0 Å². The predicted molar refractivity (Wildman–Crippen MR) is 51.4 cm³/mol. The normalized spacial score (nSPS) is 10.5. The molecule has 0 radical (unpaired) electrons. The summed E-state index contributed by atoms with van der Waals surface area (Å²) in [5, 5.41) is 11.7. The van der Waals surface area contributed by atoms with Crippen molar-refractivity contribution in [2.45, 2.75) is 40.5 Å². The van der Waals surface area contributed by atoms with Gasteiger partial charge in [-0.1, -0.05) is 13.8 Å². The Bertz CT molecular complexity index is 293. The van der Waals surface area contributed by atoms with E-state index < -0.39 is 0 Å². The van der Waals surface area contributed by atoms with E-state index in [2.05, 4.69) is 4.98 Å². The van der Waals surface area contributed by atoms with Crippen molar-refractivity contribution in [2.24, 2.45) is 0 Å². The van der Waals surface area contributed by atoms with E-state index in [1.54, 1.807) is 0 Å². The molecule has 0 amide bonds. The fraction of sp³-hybridized carbons (Fsp3) is 0.600. The van der Waals surface area contributed by atoms with Gasteiger partial charge in [-0.3, -0.25) is 0 Å². The number of rotatable bonds is 2. The van der Waals surface area contributed by atoms with Crippen LogP contribution in [-0.4, -0.2) is 4.98 Å². The summed E-state index contributed by atoms with van der Waals surface area (Å²) in [5.41, 5.74) is 3.30. The molecule has 3 heteroatoms. The summed E-state index contributed by atoms with van der Waals surface area (Å²) >= 11 is 0. The van der Waals surface area contributed by atoms with E-state index in [4.69, 9.17) is 0 Å². The second kappa shape index (κ2) is 3.73. The largest absolute Gasteiger partial charge is 0.618 e. The highest BCUT2D eigenvalue weighted by Crippen LogP contribution is 2.06. The van der Waals surface area contributed by atoms with Crippen molar-refractivity contribution >= 4 is 0 Å². The minimum absolute atomic E-state index is 0.746. The third-order valence-electron chi connectivity index (χ3n) is 2.33. The maximum absolute atomic E-state index is 11.7. The van der Waals surface area contributed by atoms with Crippen LogP contribution in [0, 0.1) is 19.1 Å². The lowest BCUT2D eigenvalue weighted by molar-refractivity contribution is -0.623. The highest BCUT2D eigenvalue weighted by molar-refractivity contribution is 5.12. The van der Waals surface area contributed by atoms with Crippen LogP contribution in [-0.2, 0) is 12.8 Å². The number of hydrogen-bond acceptors (Lipinski definition) is 2.